The Labute approximate surface area is 298 Å². The Bertz CT molecular complexity index is 1750. The molecule has 1 saturated heterocycles. The number of hydrogen-bond donors (Lipinski definition) is 4. The highest BCUT2D eigenvalue weighted by atomic mass is 35.5. The van der Waals surface area contributed by atoms with Gasteiger partial charge in [0.1, 0.15) is 0 Å². The highest BCUT2D eigenvalue weighted by Gasteiger charge is 2.41. The number of nitrogens with one attached hydrogen (secondary N) is 3. The lowest BCUT2D eigenvalue weighted by atomic mass is 9.85. The van der Waals surface area contributed by atoms with Gasteiger partial charge >= 0.3 is 6.18 Å². The molecule has 0 bridgehead atoms. The molecule has 1 aromatic heterocycles. The topological polar surface area (TPSA) is 144 Å². The molecule has 0 radical (unpaired) electrons. The zero-order valence-electron chi connectivity index (χ0n) is 28.2. The van der Waals surface area contributed by atoms with Crippen LogP contribution in [0, 0.1) is 11.3 Å². The van der Waals surface area contributed by atoms with Crippen LogP contribution < -0.4 is 26.6 Å². The van der Waals surface area contributed by atoms with Crippen molar-refractivity contribution in [3.63, 3.8) is 0 Å². The highest BCUT2D eigenvalue weighted by Crippen LogP contribution is 2.39. The summed E-state index contributed by atoms with van der Waals surface area (Å²) in [6.07, 6.45) is -3.91. The van der Waals surface area contributed by atoms with Gasteiger partial charge in [-0.15, -0.1) is 0 Å². The fourth-order valence-corrected chi connectivity index (χ4v) is 6.71. The van der Waals surface area contributed by atoms with Gasteiger partial charge in [-0.05, 0) is 49.4 Å². The van der Waals surface area contributed by atoms with E-state index in [9.17, 15) is 27.6 Å². The summed E-state index contributed by atoms with van der Waals surface area (Å²) >= 11 is 13.4. The number of primary amides is 1. The summed E-state index contributed by atoms with van der Waals surface area (Å²) in [7, 11) is 0. The van der Waals surface area contributed by atoms with Crippen LogP contribution in [0.25, 0.3) is 11.0 Å². The van der Waals surface area contributed by atoms with Crippen molar-refractivity contribution in [3.05, 3.63) is 45.4 Å². The minimum Gasteiger partial charge on any atom is -0.378 e. The van der Waals surface area contributed by atoms with E-state index in [1.54, 1.807) is 43.5 Å². The molecule has 11 nitrogen and oxygen atoms in total. The number of fused-ring (bicyclic) bond motifs is 1. The fourth-order valence-electron chi connectivity index (χ4n) is 6.18. The fraction of sp³-hybridized carbons (Fsp3) is 0.529. The predicted molar refractivity (Wildman–Crippen MR) is 187 cm³/mol. The van der Waals surface area contributed by atoms with Gasteiger partial charge in [-0.1, -0.05) is 50.0 Å². The normalized spacial score (nSPS) is 18.6. The molecule has 5 N–H and O–H groups in total. The van der Waals surface area contributed by atoms with Crippen LogP contribution >= 0.6 is 23.2 Å². The summed E-state index contributed by atoms with van der Waals surface area (Å²) in [6.45, 7) is 7.60. The number of anilines is 3. The third kappa shape index (κ3) is 8.75. The number of morpholine rings is 1. The molecule has 1 saturated carbocycles. The van der Waals surface area contributed by atoms with Crippen molar-refractivity contribution in [1.82, 2.24) is 20.2 Å². The average Bonchev–Trinajstić information content (AvgIpc) is 3.40. The number of amides is 3. The van der Waals surface area contributed by atoms with Gasteiger partial charge in [-0.3, -0.25) is 14.4 Å². The summed E-state index contributed by atoms with van der Waals surface area (Å²) in [5.41, 5.74) is 7.79. The molecule has 2 heterocycles. The quantitative estimate of drug-likeness (QED) is 0.191. The number of carbonyl (C=O) groups is 3. The number of halogens is 5. The molecular formula is C34H42Cl2F3N7O4. The second-order valence-corrected chi connectivity index (χ2v) is 14.6. The number of benzene rings is 2. The zero-order valence-corrected chi connectivity index (χ0v) is 29.7. The molecule has 272 valence electrons. The number of aryl methyl sites for hydroxylation is 1. The standard InChI is InChI=1S/C34H42Cl2F3N7O4/c1-33(2,3)31(49)41-18-19-4-9-23(35)29(28(19)36)44-32-43-24-16-22(30(48)42-21-7-5-20(6-8-21)34(37,38)39)25(45-12-14-50-15-13-45)17-26(24)46(32)11-10-27(40)47/h4,9,16-17,20-21H,5-8,10-15,18H2,1-3H3,(H2,40,47)(H,41,49)(H,42,48)(H,43,44). The van der Waals surface area contributed by atoms with Crippen LogP contribution in [0.4, 0.5) is 30.5 Å². The lowest BCUT2D eigenvalue weighted by molar-refractivity contribution is -0.182. The Morgan fingerprint density at radius 3 is 2.34 bits per heavy atom. The largest absolute Gasteiger partial charge is 0.391 e. The summed E-state index contributed by atoms with van der Waals surface area (Å²) in [4.78, 5) is 45.1. The number of nitrogens with zero attached hydrogens (tertiary/aromatic N) is 3. The van der Waals surface area contributed by atoms with Crippen molar-refractivity contribution >= 4 is 69.3 Å². The van der Waals surface area contributed by atoms with Crippen LogP contribution in [0.3, 0.4) is 0 Å². The van der Waals surface area contributed by atoms with E-state index < -0.39 is 35.4 Å². The van der Waals surface area contributed by atoms with Crippen molar-refractivity contribution in [2.75, 3.05) is 36.5 Å². The highest BCUT2D eigenvalue weighted by molar-refractivity contribution is 6.39. The lowest BCUT2D eigenvalue weighted by Crippen LogP contribution is -2.41. The third-order valence-electron chi connectivity index (χ3n) is 9.10. The molecule has 0 spiro atoms. The van der Waals surface area contributed by atoms with E-state index >= 15 is 0 Å². The molecule has 1 aliphatic heterocycles. The minimum absolute atomic E-state index is 0.0177. The van der Waals surface area contributed by atoms with E-state index in [-0.39, 0.29) is 67.1 Å². The third-order valence-corrected chi connectivity index (χ3v) is 9.84. The lowest BCUT2D eigenvalue weighted by Gasteiger charge is -2.32. The van der Waals surface area contributed by atoms with Gasteiger partial charge in [0.2, 0.25) is 17.8 Å². The number of carbonyl (C=O) groups excluding carboxylic acids is 3. The number of ether oxygens (including phenoxy) is 1. The average molecular weight is 741 g/mol. The van der Waals surface area contributed by atoms with E-state index in [2.05, 4.69) is 16.0 Å². The van der Waals surface area contributed by atoms with Gasteiger partial charge < -0.3 is 35.9 Å². The number of hydrogen-bond acceptors (Lipinski definition) is 7. The van der Waals surface area contributed by atoms with E-state index in [1.165, 1.54) is 0 Å². The SMILES string of the molecule is CC(C)(C)C(=O)NCc1ccc(Cl)c(Nc2nc3cc(C(=O)NC4CCC(C(F)(F)F)CC4)c(N4CCOCC4)cc3n2CCC(N)=O)c1Cl. The zero-order chi connectivity index (χ0) is 36.4. The van der Waals surface area contributed by atoms with Crippen molar-refractivity contribution in [3.8, 4) is 0 Å². The van der Waals surface area contributed by atoms with E-state index in [4.69, 9.17) is 38.7 Å². The molecule has 2 fully saturated rings. The molecule has 3 aromatic rings. The smallest absolute Gasteiger partial charge is 0.378 e. The van der Waals surface area contributed by atoms with Gasteiger partial charge in [0.15, 0.2) is 0 Å². The van der Waals surface area contributed by atoms with Crippen molar-refractivity contribution < 1.29 is 32.3 Å². The molecule has 3 amide bonds. The van der Waals surface area contributed by atoms with E-state index in [0.717, 1.165) is 0 Å². The van der Waals surface area contributed by atoms with Crippen molar-refractivity contribution in [1.29, 1.82) is 0 Å². The van der Waals surface area contributed by atoms with Crippen LogP contribution in [0.1, 0.15) is 68.8 Å². The molecule has 1 aliphatic carbocycles. The van der Waals surface area contributed by atoms with Crippen LogP contribution in [-0.4, -0.2) is 65.8 Å². The summed E-state index contributed by atoms with van der Waals surface area (Å²) in [5.74, 6) is -2.19. The van der Waals surface area contributed by atoms with Gasteiger partial charge in [-0.25, -0.2) is 4.98 Å². The first kappa shape index (κ1) is 37.5. The van der Waals surface area contributed by atoms with Crippen LogP contribution in [0.5, 0.6) is 0 Å². The Kier molecular flexibility index (Phi) is 11.4. The Balaban J connectivity index is 1.51. The van der Waals surface area contributed by atoms with E-state index in [0.29, 0.717) is 59.8 Å². The minimum atomic E-state index is -4.25. The number of rotatable bonds is 10. The van der Waals surface area contributed by atoms with Crippen LogP contribution in [-0.2, 0) is 27.4 Å². The van der Waals surface area contributed by atoms with Crippen molar-refractivity contribution in [2.24, 2.45) is 17.1 Å². The summed E-state index contributed by atoms with van der Waals surface area (Å²) < 4.78 is 47.1. The van der Waals surface area contributed by atoms with Gasteiger partial charge in [0.05, 0.1) is 57.1 Å². The maximum Gasteiger partial charge on any atom is 0.391 e. The first-order valence-corrected chi connectivity index (χ1v) is 17.3. The van der Waals surface area contributed by atoms with Crippen LogP contribution in [0.15, 0.2) is 24.3 Å². The molecule has 50 heavy (non-hydrogen) atoms. The van der Waals surface area contributed by atoms with Gasteiger partial charge in [-0.2, -0.15) is 13.2 Å². The maximum absolute atomic E-state index is 13.8. The Morgan fingerprint density at radius 2 is 1.72 bits per heavy atom. The molecule has 2 aromatic carbocycles. The molecule has 0 unspecified atom stereocenters. The molecule has 2 aliphatic rings. The first-order valence-electron chi connectivity index (χ1n) is 16.6. The molecular weight excluding hydrogens is 698 g/mol. The molecule has 5 rings (SSSR count). The van der Waals surface area contributed by atoms with Gasteiger partial charge in [0.25, 0.3) is 5.91 Å². The van der Waals surface area contributed by atoms with E-state index in [1.807, 2.05) is 11.0 Å². The Morgan fingerprint density at radius 1 is 1.04 bits per heavy atom. The van der Waals surface area contributed by atoms with Gasteiger partial charge in [0, 0.05) is 44.1 Å². The molecule has 16 heteroatoms. The number of alkyl halides is 3. The Hall–Kier alpha value is -3.75. The summed E-state index contributed by atoms with van der Waals surface area (Å²) in [6, 6.07) is 6.42. The monoisotopic (exact) mass is 739 g/mol. The number of nitrogens with two attached hydrogens (primary N) is 1. The first-order chi connectivity index (χ1) is 23.5. The van der Waals surface area contributed by atoms with Crippen molar-refractivity contribution in [2.45, 2.75) is 78.2 Å². The second kappa shape index (κ2) is 15.2. The maximum atomic E-state index is 13.8. The second-order valence-electron chi connectivity index (χ2n) is 13.8. The number of imidazole rings is 1. The molecule has 0 atom stereocenters. The van der Waals surface area contributed by atoms with Crippen LogP contribution in [0.2, 0.25) is 10.0 Å². The predicted octanol–water partition coefficient (Wildman–Crippen LogP) is 6.31. The summed E-state index contributed by atoms with van der Waals surface area (Å²) in [5, 5.41) is 9.59. The number of aromatic nitrogens is 2.